The highest BCUT2D eigenvalue weighted by molar-refractivity contribution is 5.23. The van der Waals surface area contributed by atoms with Crippen molar-refractivity contribution in [1.29, 1.82) is 0 Å². The zero-order valence-electron chi connectivity index (χ0n) is 13.1. The van der Waals surface area contributed by atoms with E-state index in [-0.39, 0.29) is 6.04 Å². The third-order valence-corrected chi connectivity index (χ3v) is 4.30. The quantitative estimate of drug-likeness (QED) is 0.899. The molecule has 0 bridgehead atoms. The molecule has 0 radical (unpaired) electrons. The molecule has 2 atom stereocenters. The van der Waals surface area contributed by atoms with E-state index in [1.54, 1.807) is 12.1 Å². The standard InChI is InChI=1S/C16H25F2N3/c1-4-19-15(13-6-5-7-14(17)16(13)18)10-12-11-20(2)8-9-21(12)3/h5-7,12,15,19H,4,8-11H2,1-3H3. The van der Waals surface area contributed by atoms with Crippen LogP contribution in [0.5, 0.6) is 0 Å². The number of hydrogen-bond donors (Lipinski definition) is 1. The number of halogens is 2. The molecule has 118 valence electrons. The van der Waals surface area contributed by atoms with E-state index in [2.05, 4.69) is 29.2 Å². The second-order valence-corrected chi connectivity index (χ2v) is 5.89. The third kappa shape index (κ3) is 3.99. The highest BCUT2D eigenvalue weighted by atomic mass is 19.2. The topological polar surface area (TPSA) is 18.5 Å². The van der Waals surface area contributed by atoms with Crippen LogP contribution >= 0.6 is 0 Å². The van der Waals surface area contributed by atoms with Gasteiger partial charge in [-0.2, -0.15) is 0 Å². The minimum atomic E-state index is -0.774. The maximum Gasteiger partial charge on any atom is 0.163 e. The molecule has 21 heavy (non-hydrogen) atoms. The number of nitrogens with one attached hydrogen (secondary N) is 1. The van der Waals surface area contributed by atoms with Crippen LogP contribution in [0.15, 0.2) is 18.2 Å². The molecule has 0 amide bonds. The molecule has 5 heteroatoms. The van der Waals surface area contributed by atoms with Crippen LogP contribution in [0, 0.1) is 11.6 Å². The van der Waals surface area contributed by atoms with E-state index >= 15 is 0 Å². The molecule has 0 spiro atoms. The maximum atomic E-state index is 14.1. The third-order valence-electron chi connectivity index (χ3n) is 4.30. The van der Waals surface area contributed by atoms with Gasteiger partial charge in [0.1, 0.15) is 0 Å². The molecule has 0 aromatic heterocycles. The van der Waals surface area contributed by atoms with Crippen LogP contribution in [0.3, 0.4) is 0 Å². The Morgan fingerprint density at radius 1 is 1.29 bits per heavy atom. The van der Waals surface area contributed by atoms with Crippen molar-refractivity contribution in [1.82, 2.24) is 15.1 Å². The van der Waals surface area contributed by atoms with Gasteiger partial charge in [0.25, 0.3) is 0 Å². The van der Waals surface area contributed by atoms with Gasteiger partial charge in [0, 0.05) is 37.3 Å². The molecule has 0 saturated carbocycles. The van der Waals surface area contributed by atoms with E-state index in [1.807, 2.05) is 6.92 Å². The van der Waals surface area contributed by atoms with Gasteiger partial charge in [-0.25, -0.2) is 8.78 Å². The van der Waals surface area contributed by atoms with E-state index in [0.717, 1.165) is 32.6 Å². The normalized spacial score (nSPS) is 22.4. The van der Waals surface area contributed by atoms with Crippen LogP contribution in [0.2, 0.25) is 0 Å². The van der Waals surface area contributed by atoms with E-state index in [9.17, 15) is 8.78 Å². The van der Waals surface area contributed by atoms with E-state index in [1.165, 1.54) is 6.07 Å². The first-order valence-corrected chi connectivity index (χ1v) is 7.59. The lowest BCUT2D eigenvalue weighted by Gasteiger charge is -2.39. The molecule has 2 rings (SSSR count). The zero-order chi connectivity index (χ0) is 15.4. The van der Waals surface area contributed by atoms with Gasteiger partial charge in [-0.3, -0.25) is 0 Å². The maximum absolute atomic E-state index is 14.1. The van der Waals surface area contributed by atoms with Gasteiger partial charge < -0.3 is 15.1 Å². The van der Waals surface area contributed by atoms with Gasteiger partial charge in [0.05, 0.1) is 0 Å². The highest BCUT2D eigenvalue weighted by Crippen LogP contribution is 2.25. The average molecular weight is 297 g/mol. The fourth-order valence-corrected chi connectivity index (χ4v) is 2.98. The molecular formula is C16H25F2N3. The monoisotopic (exact) mass is 297 g/mol. The van der Waals surface area contributed by atoms with Crippen molar-refractivity contribution >= 4 is 0 Å². The molecule has 1 aromatic carbocycles. The number of piperazine rings is 1. The van der Waals surface area contributed by atoms with Crippen LogP contribution in [-0.2, 0) is 0 Å². The summed E-state index contributed by atoms with van der Waals surface area (Å²) >= 11 is 0. The van der Waals surface area contributed by atoms with E-state index in [4.69, 9.17) is 0 Å². The first kappa shape index (κ1) is 16.3. The van der Waals surface area contributed by atoms with Crippen LogP contribution in [0.1, 0.15) is 24.9 Å². The summed E-state index contributed by atoms with van der Waals surface area (Å²) in [5, 5.41) is 3.30. The Labute approximate surface area is 125 Å². The van der Waals surface area contributed by atoms with Gasteiger partial charge in [0.15, 0.2) is 11.6 Å². The number of rotatable bonds is 5. The van der Waals surface area contributed by atoms with Crippen molar-refractivity contribution in [2.75, 3.05) is 40.3 Å². The molecule has 1 saturated heterocycles. The summed E-state index contributed by atoms with van der Waals surface area (Å²) in [6.07, 6.45) is 0.773. The Bertz CT molecular complexity index is 467. The molecule has 1 N–H and O–H groups in total. The Hall–Kier alpha value is -1.04. The lowest BCUT2D eigenvalue weighted by molar-refractivity contribution is 0.101. The minimum Gasteiger partial charge on any atom is -0.310 e. The van der Waals surface area contributed by atoms with Crippen molar-refractivity contribution in [2.24, 2.45) is 0 Å². The van der Waals surface area contributed by atoms with Crippen LogP contribution in [0.25, 0.3) is 0 Å². The molecule has 1 heterocycles. The van der Waals surface area contributed by atoms with Crippen molar-refractivity contribution in [3.63, 3.8) is 0 Å². The lowest BCUT2D eigenvalue weighted by Crippen LogP contribution is -2.51. The molecule has 1 aliphatic heterocycles. The predicted molar refractivity (Wildman–Crippen MR) is 81.3 cm³/mol. The largest absolute Gasteiger partial charge is 0.310 e. The Morgan fingerprint density at radius 2 is 2.05 bits per heavy atom. The summed E-state index contributed by atoms with van der Waals surface area (Å²) in [5.41, 5.74) is 0.429. The van der Waals surface area contributed by atoms with Gasteiger partial charge in [-0.1, -0.05) is 19.1 Å². The molecule has 2 unspecified atom stereocenters. The van der Waals surface area contributed by atoms with Gasteiger partial charge in [-0.15, -0.1) is 0 Å². The van der Waals surface area contributed by atoms with Gasteiger partial charge >= 0.3 is 0 Å². The van der Waals surface area contributed by atoms with Crippen LogP contribution in [0.4, 0.5) is 8.78 Å². The molecule has 3 nitrogen and oxygen atoms in total. The summed E-state index contributed by atoms with van der Waals surface area (Å²) in [6.45, 7) is 5.72. The molecular weight excluding hydrogens is 272 g/mol. The van der Waals surface area contributed by atoms with Crippen LogP contribution < -0.4 is 5.32 Å². The van der Waals surface area contributed by atoms with E-state index < -0.39 is 11.6 Å². The Kier molecular flexibility index (Phi) is 5.67. The number of hydrogen-bond acceptors (Lipinski definition) is 3. The first-order valence-electron chi connectivity index (χ1n) is 7.59. The Balaban J connectivity index is 2.16. The molecule has 1 aliphatic rings. The minimum absolute atomic E-state index is 0.162. The first-order chi connectivity index (χ1) is 10.0. The summed E-state index contributed by atoms with van der Waals surface area (Å²) in [5.74, 6) is -1.50. The fraction of sp³-hybridized carbons (Fsp3) is 0.625. The summed E-state index contributed by atoms with van der Waals surface area (Å²) in [6, 6.07) is 4.61. The number of benzene rings is 1. The smallest absolute Gasteiger partial charge is 0.163 e. The average Bonchev–Trinajstić information content (AvgIpc) is 2.45. The van der Waals surface area contributed by atoms with E-state index in [0.29, 0.717) is 11.6 Å². The van der Waals surface area contributed by atoms with Crippen molar-refractivity contribution in [3.8, 4) is 0 Å². The summed E-state index contributed by atoms with van der Waals surface area (Å²) in [7, 11) is 4.20. The summed E-state index contributed by atoms with van der Waals surface area (Å²) in [4.78, 5) is 4.59. The van der Waals surface area contributed by atoms with Crippen molar-refractivity contribution in [3.05, 3.63) is 35.4 Å². The molecule has 1 aromatic rings. The number of nitrogens with zero attached hydrogens (tertiary/aromatic N) is 2. The Morgan fingerprint density at radius 3 is 2.76 bits per heavy atom. The zero-order valence-corrected chi connectivity index (χ0v) is 13.1. The molecule has 0 aliphatic carbocycles. The summed E-state index contributed by atoms with van der Waals surface area (Å²) < 4.78 is 27.5. The predicted octanol–water partition coefficient (Wildman–Crippen LogP) is 2.25. The van der Waals surface area contributed by atoms with Crippen molar-refractivity contribution < 1.29 is 8.78 Å². The van der Waals surface area contributed by atoms with Crippen molar-refractivity contribution in [2.45, 2.75) is 25.4 Å². The molecule has 1 fully saturated rings. The van der Waals surface area contributed by atoms with Crippen LogP contribution in [-0.4, -0.2) is 56.1 Å². The van der Waals surface area contributed by atoms with Gasteiger partial charge in [-0.05, 0) is 33.1 Å². The second-order valence-electron chi connectivity index (χ2n) is 5.89. The fourth-order valence-electron chi connectivity index (χ4n) is 2.98. The lowest BCUT2D eigenvalue weighted by atomic mass is 9.96. The second kappa shape index (κ2) is 7.29. The number of likely N-dealkylation sites (N-methyl/N-ethyl adjacent to an activating group) is 2. The highest BCUT2D eigenvalue weighted by Gasteiger charge is 2.27. The SMILES string of the molecule is CCNC(CC1CN(C)CCN1C)c1cccc(F)c1F. The van der Waals surface area contributed by atoms with Gasteiger partial charge in [0.2, 0.25) is 0 Å².